The van der Waals surface area contributed by atoms with Crippen molar-refractivity contribution < 1.29 is 4.74 Å². The lowest BCUT2D eigenvalue weighted by Crippen LogP contribution is -2.04. The van der Waals surface area contributed by atoms with Crippen LogP contribution in [0, 0.1) is 0 Å². The van der Waals surface area contributed by atoms with E-state index in [2.05, 4.69) is 15.3 Å². The summed E-state index contributed by atoms with van der Waals surface area (Å²) in [5.74, 6) is 0.766. The van der Waals surface area contributed by atoms with Gasteiger partial charge in [0, 0.05) is 26.3 Å². The second-order valence-corrected chi connectivity index (χ2v) is 3.24. The lowest BCUT2D eigenvalue weighted by molar-refractivity contribution is 0.194. The van der Waals surface area contributed by atoms with Crippen molar-refractivity contribution in [1.29, 1.82) is 0 Å². The Morgan fingerprint density at radius 2 is 2.29 bits per heavy atom. The third-order valence-corrected chi connectivity index (χ3v) is 1.92. The van der Waals surface area contributed by atoms with Crippen LogP contribution in [0.1, 0.15) is 12.8 Å². The molecule has 4 nitrogen and oxygen atoms in total. The van der Waals surface area contributed by atoms with Gasteiger partial charge in [-0.25, -0.2) is 9.97 Å². The van der Waals surface area contributed by atoms with E-state index in [9.17, 15) is 0 Å². The van der Waals surface area contributed by atoms with Gasteiger partial charge in [-0.2, -0.15) is 0 Å². The molecule has 5 heteroatoms. The molecule has 78 valence electrons. The molecule has 0 aromatic carbocycles. The Morgan fingerprint density at radius 1 is 1.43 bits per heavy atom. The molecular weight excluding hydrogens is 202 g/mol. The maximum absolute atomic E-state index is 5.70. The van der Waals surface area contributed by atoms with Gasteiger partial charge in [-0.15, -0.1) is 0 Å². The minimum atomic E-state index is 0.458. The molecule has 1 aromatic heterocycles. The van der Waals surface area contributed by atoms with E-state index in [-0.39, 0.29) is 0 Å². The number of nitrogens with zero attached hydrogens (tertiary/aromatic N) is 2. The molecule has 14 heavy (non-hydrogen) atoms. The molecule has 1 N–H and O–H groups in total. The first-order valence-electron chi connectivity index (χ1n) is 4.53. The molecule has 0 saturated heterocycles. The summed E-state index contributed by atoms with van der Waals surface area (Å²) in [5, 5.41) is 3.61. The highest BCUT2D eigenvalue weighted by atomic mass is 35.5. The Hall–Kier alpha value is -0.870. The van der Waals surface area contributed by atoms with Gasteiger partial charge in [-0.3, -0.25) is 0 Å². The van der Waals surface area contributed by atoms with E-state index in [0.29, 0.717) is 5.15 Å². The van der Waals surface area contributed by atoms with Gasteiger partial charge in [0.15, 0.2) is 0 Å². The second kappa shape index (κ2) is 6.56. The number of nitrogens with one attached hydrogen (secondary N) is 1. The molecule has 0 aliphatic carbocycles. The van der Waals surface area contributed by atoms with Crippen molar-refractivity contribution in [2.75, 3.05) is 25.6 Å². The van der Waals surface area contributed by atoms with Gasteiger partial charge >= 0.3 is 0 Å². The third kappa shape index (κ3) is 4.39. The zero-order valence-electron chi connectivity index (χ0n) is 8.16. The number of ether oxygens (including phenoxy) is 1. The zero-order valence-corrected chi connectivity index (χ0v) is 8.92. The Balaban J connectivity index is 2.18. The van der Waals surface area contributed by atoms with Gasteiger partial charge in [0.25, 0.3) is 0 Å². The molecule has 0 saturated carbocycles. The molecule has 0 bridgehead atoms. The molecule has 1 rings (SSSR count). The van der Waals surface area contributed by atoms with Crippen molar-refractivity contribution in [3.8, 4) is 0 Å². The summed E-state index contributed by atoms with van der Waals surface area (Å²) < 4.78 is 4.94. The number of aromatic nitrogens is 2. The quantitative estimate of drug-likeness (QED) is 0.582. The van der Waals surface area contributed by atoms with Crippen LogP contribution in [0.5, 0.6) is 0 Å². The molecule has 1 heterocycles. The summed E-state index contributed by atoms with van der Waals surface area (Å²) in [6.07, 6.45) is 3.54. The average Bonchev–Trinajstić information content (AvgIpc) is 2.18. The van der Waals surface area contributed by atoms with E-state index in [4.69, 9.17) is 16.3 Å². The Bertz CT molecular complexity index is 270. The van der Waals surface area contributed by atoms with Crippen molar-refractivity contribution in [2.45, 2.75) is 12.8 Å². The maximum atomic E-state index is 5.70. The van der Waals surface area contributed by atoms with Crippen LogP contribution >= 0.6 is 11.6 Å². The van der Waals surface area contributed by atoms with Crippen LogP contribution in [0.4, 0.5) is 5.82 Å². The van der Waals surface area contributed by atoms with Gasteiger partial charge in [-0.05, 0) is 12.8 Å². The highest BCUT2D eigenvalue weighted by molar-refractivity contribution is 6.29. The van der Waals surface area contributed by atoms with Crippen molar-refractivity contribution in [3.63, 3.8) is 0 Å². The van der Waals surface area contributed by atoms with E-state index >= 15 is 0 Å². The smallest absolute Gasteiger partial charge is 0.134 e. The van der Waals surface area contributed by atoms with E-state index < -0.39 is 0 Å². The van der Waals surface area contributed by atoms with Gasteiger partial charge < -0.3 is 10.1 Å². The molecule has 0 fully saturated rings. The fraction of sp³-hybridized carbons (Fsp3) is 0.556. The van der Waals surface area contributed by atoms with Crippen LogP contribution in [-0.2, 0) is 4.74 Å². The van der Waals surface area contributed by atoms with Gasteiger partial charge in [0.05, 0.1) is 0 Å². The molecule has 0 aliphatic heterocycles. The van der Waals surface area contributed by atoms with Crippen LogP contribution in [0.25, 0.3) is 0 Å². The topological polar surface area (TPSA) is 47.0 Å². The maximum Gasteiger partial charge on any atom is 0.134 e. The molecule has 0 unspecified atom stereocenters. The predicted octanol–water partition coefficient (Wildman–Crippen LogP) is 1.97. The van der Waals surface area contributed by atoms with Crippen LogP contribution < -0.4 is 5.32 Å². The highest BCUT2D eigenvalue weighted by Crippen LogP contribution is 2.08. The Morgan fingerprint density at radius 3 is 3.00 bits per heavy atom. The molecule has 1 aromatic rings. The number of anilines is 1. The lowest BCUT2D eigenvalue weighted by atomic mass is 10.3. The van der Waals surface area contributed by atoms with Crippen molar-refractivity contribution in [2.24, 2.45) is 0 Å². The largest absolute Gasteiger partial charge is 0.385 e. The monoisotopic (exact) mass is 215 g/mol. The van der Waals surface area contributed by atoms with E-state index in [1.165, 1.54) is 6.33 Å². The predicted molar refractivity (Wildman–Crippen MR) is 56.6 cm³/mol. The van der Waals surface area contributed by atoms with Crippen LogP contribution in [-0.4, -0.2) is 30.2 Å². The molecular formula is C9H14ClN3O. The molecule has 0 atom stereocenters. The van der Waals surface area contributed by atoms with Crippen LogP contribution in [0.15, 0.2) is 12.4 Å². The van der Waals surface area contributed by atoms with Gasteiger partial charge in [-0.1, -0.05) is 11.6 Å². The summed E-state index contributed by atoms with van der Waals surface area (Å²) >= 11 is 5.70. The minimum Gasteiger partial charge on any atom is -0.385 e. The summed E-state index contributed by atoms with van der Waals surface area (Å²) in [4.78, 5) is 7.81. The zero-order chi connectivity index (χ0) is 10.2. The summed E-state index contributed by atoms with van der Waals surface area (Å²) in [6.45, 7) is 1.67. The number of methoxy groups -OCH3 is 1. The summed E-state index contributed by atoms with van der Waals surface area (Å²) in [5.41, 5.74) is 0. The number of hydrogen-bond acceptors (Lipinski definition) is 4. The summed E-state index contributed by atoms with van der Waals surface area (Å²) in [6, 6.07) is 1.71. The van der Waals surface area contributed by atoms with Crippen LogP contribution in [0.3, 0.4) is 0 Å². The molecule has 0 spiro atoms. The molecule has 0 amide bonds. The molecule has 0 aliphatic rings. The van der Waals surface area contributed by atoms with Crippen molar-refractivity contribution in [1.82, 2.24) is 9.97 Å². The number of hydrogen-bond donors (Lipinski definition) is 1. The third-order valence-electron chi connectivity index (χ3n) is 1.72. The number of unbranched alkanes of at least 4 members (excludes halogenated alkanes) is 1. The average molecular weight is 216 g/mol. The Kier molecular flexibility index (Phi) is 5.25. The first-order chi connectivity index (χ1) is 6.83. The Labute approximate surface area is 88.7 Å². The fourth-order valence-electron chi connectivity index (χ4n) is 1.02. The van der Waals surface area contributed by atoms with Crippen molar-refractivity contribution >= 4 is 17.4 Å². The second-order valence-electron chi connectivity index (χ2n) is 2.85. The summed E-state index contributed by atoms with van der Waals surface area (Å²) in [7, 11) is 1.71. The highest BCUT2D eigenvalue weighted by Gasteiger charge is 1.94. The van der Waals surface area contributed by atoms with Crippen molar-refractivity contribution in [3.05, 3.63) is 17.5 Å². The standard InChI is InChI=1S/C9H14ClN3O/c1-14-5-3-2-4-11-9-6-8(10)12-7-13-9/h6-7H,2-5H2,1H3,(H,11,12,13). The first-order valence-corrected chi connectivity index (χ1v) is 4.91. The number of rotatable bonds is 6. The fourth-order valence-corrected chi connectivity index (χ4v) is 1.17. The van der Waals surface area contributed by atoms with Gasteiger partial charge in [0.1, 0.15) is 17.3 Å². The lowest BCUT2D eigenvalue weighted by Gasteiger charge is -2.04. The van der Waals surface area contributed by atoms with Gasteiger partial charge in [0.2, 0.25) is 0 Å². The van der Waals surface area contributed by atoms with E-state index in [1.807, 2.05) is 0 Å². The molecule has 0 radical (unpaired) electrons. The van der Waals surface area contributed by atoms with E-state index in [1.54, 1.807) is 13.2 Å². The minimum absolute atomic E-state index is 0.458. The van der Waals surface area contributed by atoms with Crippen LogP contribution in [0.2, 0.25) is 5.15 Å². The van der Waals surface area contributed by atoms with E-state index in [0.717, 1.165) is 31.8 Å². The number of halogens is 1. The first kappa shape index (κ1) is 11.2. The SMILES string of the molecule is COCCCCNc1cc(Cl)ncn1. The normalized spacial score (nSPS) is 10.1.